The second-order valence-electron chi connectivity index (χ2n) is 4.57. The molecule has 1 aromatic carbocycles. The summed E-state index contributed by atoms with van der Waals surface area (Å²) < 4.78 is 28.1. The van der Waals surface area contributed by atoms with E-state index in [1.807, 2.05) is 13.8 Å². The number of imidazole rings is 1. The molecule has 0 unspecified atom stereocenters. The Bertz CT molecular complexity index is 896. The summed E-state index contributed by atoms with van der Waals surface area (Å²) in [5.41, 5.74) is 1.38. The van der Waals surface area contributed by atoms with Crippen LogP contribution in [0.2, 0.25) is 0 Å². The average Bonchev–Trinajstić information content (AvgIpc) is 3.03. The lowest BCUT2D eigenvalue weighted by atomic mass is 10.3. The van der Waals surface area contributed by atoms with Crippen LogP contribution >= 0.6 is 11.3 Å². The molecule has 2 aromatic heterocycles. The van der Waals surface area contributed by atoms with Gasteiger partial charge in [0.1, 0.15) is 5.82 Å². The van der Waals surface area contributed by atoms with Gasteiger partial charge in [-0.3, -0.25) is 4.72 Å². The molecule has 0 saturated heterocycles. The molecule has 0 aliphatic carbocycles. The van der Waals surface area contributed by atoms with Crippen LogP contribution in [0, 0.1) is 6.92 Å². The second kappa shape index (κ2) is 5.12. The van der Waals surface area contributed by atoms with Crippen molar-refractivity contribution >= 4 is 37.3 Å². The monoisotopic (exact) mass is 322 g/mol. The van der Waals surface area contributed by atoms with Crippen LogP contribution in [0.15, 0.2) is 29.4 Å². The van der Waals surface area contributed by atoms with Crippen molar-refractivity contribution in [3.05, 3.63) is 35.2 Å². The van der Waals surface area contributed by atoms with Crippen LogP contribution < -0.4 is 4.72 Å². The van der Waals surface area contributed by atoms with Crippen LogP contribution in [-0.2, 0) is 16.4 Å². The SMILES string of the molecule is CCc1ncc(S(=O)(=O)Nc2ccc3nc(C)sc3c2)[nH]1. The third-order valence-electron chi connectivity index (χ3n) is 2.98. The Morgan fingerprint density at radius 2 is 2.19 bits per heavy atom. The maximum atomic E-state index is 12.3. The van der Waals surface area contributed by atoms with E-state index >= 15 is 0 Å². The van der Waals surface area contributed by atoms with Gasteiger partial charge < -0.3 is 4.98 Å². The third-order valence-corrected chi connectivity index (χ3v) is 5.20. The van der Waals surface area contributed by atoms with Gasteiger partial charge in [0, 0.05) is 6.42 Å². The molecule has 2 N–H and O–H groups in total. The summed E-state index contributed by atoms with van der Waals surface area (Å²) in [7, 11) is -3.65. The summed E-state index contributed by atoms with van der Waals surface area (Å²) in [5.74, 6) is 0.643. The minimum atomic E-state index is -3.65. The Morgan fingerprint density at radius 1 is 1.38 bits per heavy atom. The van der Waals surface area contributed by atoms with Crippen LogP contribution in [0.3, 0.4) is 0 Å². The first kappa shape index (κ1) is 14.0. The number of anilines is 1. The van der Waals surface area contributed by atoms with Gasteiger partial charge in [-0.1, -0.05) is 6.92 Å². The minimum Gasteiger partial charge on any atom is -0.332 e. The summed E-state index contributed by atoms with van der Waals surface area (Å²) in [5, 5.41) is 1.02. The van der Waals surface area contributed by atoms with Crippen molar-refractivity contribution in [3.8, 4) is 0 Å². The molecule has 3 rings (SSSR count). The van der Waals surface area contributed by atoms with E-state index in [2.05, 4.69) is 19.7 Å². The minimum absolute atomic E-state index is 0.0694. The molecule has 0 fully saturated rings. The highest BCUT2D eigenvalue weighted by Gasteiger charge is 2.17. The Hall–Kier alpha value is -1.93. The van der Waals surface area contributed by atoms with E-state index in [9.17, 15) is 8.42 Å². The first-order valence-corrected chi connectivity index (χ1v) is 8.72. The summed E-state index contributed by atoms with van der Waals surface area (Å²) in [4.78, 5) is 11.2. The van der Waals surface area contributed by atoms with Gasteiger partial charge in [-0.2, -0.15) is 8.42 Å². The predicted octanol–water partition coefficient (Wildman–Crippen LogP) is 2.69. The Morgan fingerprint density at radius 3 is 2.90 bits per heavy atom. The fourth-order valence-electron chi connectivity index (χ4n) is 1.97. The number of sulfonamides is 1. The van der Waals surface area contributed by atoms with Gasteiger partial charge in [0.2, 0.25) is 0 Å². The van der Waals surface area contributed by atoms with Crippen LogP contribution in [0.1, 0.15) is 17.8 Å². The fourth-order valence-corrected chi connectivity index (χ4v) is 3.83. The second-order valence-corrected chi connectivity index (χ2v) is 7.45. The number of rotatable bonds is 4. The van der Waals surface area contributed by atoms with Crippen molar-refractivity contribution in [1.29, 1.82) is 0 Å². The molecule has 0 bridgehead atoms. The molecule has 2 heterocycles. The zero-order chi connectivity index (χ0) is 15.0. The van der Waals surface area contributed by atoms with Crippen LogP contribution in [0.4, 0.5) is 5.69 Å². The summed E-state index contributed by atoms with van der Waals surface area (Å²) in [6.45, 7) is 3.83. The van der Waals surface area contributed by atoms with Gasteiger partial charge in [0.05, 0.1) is 27.1 Å². The molecule has 0 saturated carbocycles. The number of H-pyrrole nitrogens is 1. The lowest BCUT2D eigenvalue weighted by Gasteiger charge is -2.05. The van der Waals surface area contributed by atoms with E-state index in [0.717, 1.165) is 15.2 Å². The highest BCUT2D eigenvalue weighted by atomic mass is 32.2. The molecular formula is C13H14N4O2S2. The van der Waals surface area contributed by atoms with E-state index in [4.69, 9.17) is 0 Å². The predicted molar refractivity (Wildman–Crippen MR) is 83.1 cm³/mol. The zero-order valence-electron chi connectivity index (χ0n) is 11.5. The molecular weight excluding hydrogens is 308 g/mol. The topological polar surface area (TPSA) is 87.7 Å². The first-order valence-electron chi connectivity index (χ1n) is 6.42. The lowest BCUT2D eigenvalue weighted by molar-refractivity contribution is 0.598. The Balaban J connectivity index is 1.92. The van der Waals surface area contributed by atoms with E-state index in [0.29, 0.717) is 17.9 Å². The van der Waals surface area contributed by atoms with Crippen molar-refractivity contribution in [1.82, 2.24) is 15.0 Å². The van der Waals surface area contributed by atoms with Crippen molar-refractivity contribution in [2.45, 2.75) is 25.3 Å². The normalized spacial score (nSPS) is 11.9. The number of nitrogens with zero attached hydrogens (tertiary/aromatic N) is 2. The molecule has 0 radical (unpaired) electrons. The maximum absolute atomic E-state index is 12.3. The molecule has 0 aliphatic rings. The number of aryl methyl sites for hydroxylation is 2. The zero-order valence-corrected chi connectivity index (χ0v) is 13.2. The van der Waals surface area contributed by atoms with Gasteiger partial charge in [-0.15, -0.1) is 11.3 Å². The largest absolute Gasteiger partial charge is 0.332 e. The summed E-state index contributed by atoms with van der Waals surface area (Å²) in [6, 6.07) is 5.30. The number of thiazole rings is 1. The summed E-state index contributed by atoms with van der Waals surface area (Å²) >= 11 is 1.53. The Kier molecular flexibility index (Phi) is 3.42. The molecule has 6 nitrogen and oxygen atoms in total. The number of hydrogen-bond donors (Lipinski definition) is 2. The highest BCUT2D eigenvalue weighted by Crippen LogP contribution is 2.25. The summed E-state index contributed by atoms with van der Waals surface area (Å²) in [6.07, 6.45) is 1.98. The number of fused-ring (bicyclic) bond motifs is 1. The number of aromatic amines is 1. The highest BCUT2D eigenvalue weighted by molar-refractivity contribution is 7.92. The molecule has 0 aliphatic heterocycles. The van der Waals surface area contributed by atoms with Crippen LogP contribution in [0.5, 0.6) is 0 Å². The lowest BCUT2D eigenvalue weighted by Crippen LogP contribution is -2.13. The van der Waals surface area contributed by atoms with Crippen molar-refractivity contribution in [2.24, 2.45) is 0 Å². The fraction of sp³-hybridized carbons (Fsp3) is 0.231. The van der Waals surface area contributed by atoms with Crippen molar-refractivity contribution in [2.75, 3.05) is 4.72 Å². The molecule has 110 valence electrons. The number of nitrogens with one attached hydrogen (secondary N) is 2. The number of aromatic nitrogens is 3. The van der Waals surface area contributed by atoms with Gasteiger partial charge in [0.25, 0.3) is 10.0 Å². The molecule has 0 spiro atoms. The quantitative estimate of drug-likeness (QED) is 0.773. The molecule has 0 amide bonds. The maximum Gasteiger partial charge on any atom is 0.278 e. The van der Waals surface area contributed by atoms with Crippen LogP contribution in [0.25, 0.3) is 10.2 Å². The average molecular weight is 322 g/mol. The van der Waals surface area contributed by atoms with Crippen molar-refractivity contribution < 1.29 is 8.42 Å². The Labute approximate surface area is 126 Å². The number of benzene rings is 1. The first-order chi connectivity index (χ1) is 9.98. The van der Waals surface area contributed by atoms with Gasteiger partial charge in [-0.05, 0) is 25.1 Å². The molecule has 0 atom stereocenters. The van der Waals surface area contributed by atoms with E-state index in [1.54, 1.807) is 18.2 Å². The third kappa shape index (κ3) is 2.77. The van der Waals surface area contributed by atoms with E-state index in [1.165, 1.54) is 17.5 Å². The molecule has 8 heteroatoms. The van der Waals surface area contributed by atoms with E-state index < -0.39 is 10.0 Å². The molecule has 3 aromatic rings. The number of hydrogen-bond acceptors (Lipinski definition) is 5. The van der Waals surface area contributed by atoms with E-state index in [-0.39, 0.29) is 5.03 Å². The van der Waals surface area contributed by atoms with Crippen LogP contribution in [-0.4, -0.2) is 23.4 Å². The van der Waals surface area contributed by atoms with Gasteiger partial charge in [0.15, 0.2) is 5.03 Å². The smallest absolute Gasteiger partial charge is 0.278 e. The van der Waals surface area contributed by atoms with Gasteiger partial charge >= 0.3 is 0 Å². The molecule has 21 heavy (non-hydrogen) atoms. The van der Waals surface area contributed by atoms with Crippen molar-refractivity contribution in [3.63, 3.8) is 0 Å². The van der Waals surface area contributed by atoms with Gasteiger partial charge in [-0.25, -0.2) is 9.97 Å². The standard InChI is InChI=1S/C13H14N4O2S2/c1-3-12-14-7-13(16-12)21(18,19)17-9-4-5-10-11(6-9)20-8(2)15-10/h4-7,17H,3H2,1-2H3,(H,14,16).